The Balaban J connectivity index is 3.14. The first-order valence-corrected chi connectivity index (χ1v) is 10.2. The summed E-state index contributed by atoms with van der Waals surface area (Å²) in [5, 5.41) is 25.3. The highest BCUT2D eigenvalue weighted by Crippen LogP contribution is 2.25. The highest BCUT2D eigenvalue weighted by Gasteiger charge is 2.39. The summed E-state index contributed by atoms with van der Waals surface area (Å²) < 4.78 is 24.4. The molecule has 0 aliphatic heterocycles. The molecule has 0 saturated heterocycles. The number of ether oxygens (including phenoxy) is 2. The Morgan fingerprint density at radius 3 is 2.77 bits per heavy atom. The normalized spacial score (nSPS) is 15.9. The van der Waals surface area contributed by atoms with E-state index in [-0.39, 0.29) is 5.82 Å². The van der Waals surface area contributed by atoms with E-state index in [9.17, 15) is 24.2 Å². The topological polar surface area (TPSA) is 172 Å². The Morgan fingerprint density at radius 1 is 1.60 bits per heavy atom. The average molecular weight is 448 g/mol. The first-order valence-electron chi connectivity index (χ1n) is 8.80. The van der Waals surface area contributed by atoms with Crippen molar-refractivity contribution in [2.45, 2.75) is 37.4 Å². The molecule has 0 radical (unpaired) electrons. The third-order valence-corrected chi connectivity index (χ3v) is 4.77. The van der Waals surface area contributed by atoms with Crippen LogP contribution in [0.15, 0.2) is 22.2 Å². The number of aliphatic hydroxyl groups excluding tert-OH is 2. The summed E-state index contributed by atoms with van der Waals surface area (Å²) in [6.07, 6.45) is 0.314. The van der Waals surface area contributed by atoms with Gasteiger partial charge in [-0.3, -0.25) is 4.57 Å². The molecular formula is C16H25FN6O6S. The summed E-state index contributed by atoms with van der Waals surface area (Å²) in [5.74, 6) is 0.187. The fourth-order valence-corrected chi connectivity index (χ4v) is 2.87. The number of aliphatic hydroxyl groups is 2. The molecule has 168 valence electrons. The number of esters is 1. The van der Waals surface area contributed by atoms with Crippen LogP contribution in [0.1, 0.15) is 19.6 Å². The fraction of sp³-hybridized carbons (Fsp3) is 0.688. The summed E-state index contributed by atoms with van der Waals surface area (Å²) in [6, 6.07) is 0.583. The van der Waals surface area contributed by atoms with Crippen molar-refractivity contribution in [2.24, 2.45) is 5.11 Å². The van der Waals surface area contributed by atoms with Gasteiger partial charge in [0.05, 0.1) is 19.8 Å². The predicted octanol–water partition coefficient (Wildman–Crippen LogP) is 0.814. The second-order valence-corrected chi connectivity index (χ2v) is 7.08. The minimum atomic E-state index is -2.20. The standard InChI is InChI=1S/C16H25FN6O6S/c1-10(25)16(9-24,21-22-18)29-13(8-17)23-6-4-12(20-15(23)27)19-11(5-7-30-3)14(26)28-2/h4,6,10-11,13,24-25H,5,7-9H2,1-3H3,(H,19,20,27)/t10-,11+,13-,16-/m1/s1. The van der Waals surface area contributed by atoms with Gasteiger partial charge in [0, 0.05) is 11.1 Å². The predicted molar refractivity (Wildman–Crippen MR) is 108 cm³/mol. The number of nitrogens with zero attached hydrogens (tertiary/aromatic N) is 5. The zero-order valence-electron chi connectivity index (χ0n) is 16.8. The molecule has 3 N–H and O–H groups in total. The summed E-state index contributed by atoms with van der Waals surface area (Å²) in [6.45, 7) is -1.03. The number of azide groups is 1. The SMILES string of the molecule is COC(=O)[C@H](CCSC)Nc1ccn([C@@H](CF)O[C@@](CO)(N=[N+]=[N-])[C@@H](C)O)c(=O)n1. The zero-order chi connectivity index (χ0) is 22.7. The van der Waals surface area contributed by atoms with Gasteiger partial charge in [-0.15, -0.1) is 0 Å². The number of alkyl halides is 1. The summed E-state index contributed by atoms with van der Waals surface area (Å²) in [4.78, 5) is 30.5. The van der Waals surface area contributed by atoms with Gasteiger partial charge in [0.15, 0.2) is 12.0 Å². The Kier molecular flexibility index (Phi) is 10.6. The van der Waals surface area contributed by atoms with Crippen molar-refractivity contribution in [3.63, 3.8) is 0 Å². The molecule has 30 heavy (non-hydrogen) atoms. The van der Waals surface area contributed by atoms with E-state index in [2.05, 4.69) is 20.3 Å². The minimum absolute atomic E-state index is 0.0596. The van der Waals surface area contributed by atoms with Crippen molar-refractivity contribution in [3.8, 4) is 0 Å². The molecule has 0 unspecified atom stereocenters. The number of carbonyl (C=O) groups is 1. The number of methoxy groups -OCH3 is 1. The van der Waals surface area contributed by atoms with Crippen LogP contribution in [0.4, 0.5) is 10.2 Å². The Hall–Kier alpha value is -2.38. The number of carbonyl (C=O) groups excluding carboxylic acids is 1. The maximum absolute atomic E-state index is 13.6. The zero-order valence-corrected chi connectivity index (χ0v) is 17.6. The third-order valence-electron chi connectivity index (χ3n) is 4.12. The summed E-state index contributed by atoms with van der Waals surface area (Å²) >= 11 is 1.53. The van der Waals surface area contributed by atoms with Crippen molar-refractivity contribution in [1.29, 1.82) is 0 Å². The largest absolute Gasteiger partial charge is 0.467 e. The van der Waals surface area contributed by atoms with Crippen molar-refractivity contribution >= 4 is 23.5 Å². The molecule has 1 aromatic heterocycles. The average Bonchev–Trinajstić information content (AvgIpc) is 2.73. The lowest BCUT2D eigenvalue weighted by atomic mass is 10.1. The number of halogens is 1. The van der Waals surface area contributed by atoms with Crippen molar-refractivity contribution in [2.75, 3.05) is 37.7 Å². The van der Waals surface area contributed by atoms with E-state index >= 15 is 0 Å². The molecule has 4 atom stereocenters. The molecule has 0 aliphatic rings. The molecule has 1 rings (SSSR count). The number of thioether (sulfide) groups is 1. The molecule has 14 heteroatoms. The van der Waals surface area contributed by atoms with Crippen LogP contribution in [-0.2, 0) is 14.3 Å². The maximum atomic E-state index is 13.6. The van der Waals surface area contributed by atoms with E-state index < -0.39 is 49.0 Å². The van der Waals surface area contributed by atoms with Crippen LogP contribution in [0.3, 0.4) is 0 Å². The van der Waals surface area contributed by atoms with Gasteiger partial charge in [0.1, 0.15) is 18.5 Å². The van der Waals surface area contributed by atoms with Crippen molar-refractivity contribution in [1.82, 2.24) is 9.55 Å². The van der Waals surface area contributed by atoms with Gasteiger partial charge in [-0.25, -0.2) is 14.0 Å². The van der Waals surface area contributed by atoms with Crippen LogP contribution in [0.5, 0.6) is 0 Å². The quantitative estimate of drug-likeness (QED) is 0.171. The van der Waals surface area contributed by atoms with E-state index in [0.29, 0.717) is 12.2 Å². The number of anilines is 1. The van der Waals surface area contributed by atoms with Crippen LogP contribution in [0, 0.1) is 0 Å². The number of aromatic nitrogens is 2. The number of hydrogen-bond donors (Lipinski definition) is 3. The molecule has 0 bridgehead atoms. The van der Waals surface area contributed by atoms with Crippen LogP contribution in [0.25, 0.3) is 10.4 Å². The van der Waals surface area contributed by atoms with E-state index in [1.165, 1.54) is 31.9 Å². The van der Waals surface area contributed by atoms with Crippen molar-refractivity contribution < 1.29 is 28.9 Å². The number of nitrogens with one attached hydrogen (secondary N) is 1. The van der Waals surface area contributed by atoms with E-state index in [1.807, 2.05) is 6.26 Å². The molecule has 0 amide bonds. The Morgan fingerprint density at radius 2 is 2.30 bits per heavy atom. The second kappa shape index (κ2) is 12.3. The molecule has 0 aliphatic carbocycles. The monoisotopic (exact) mass is 448 g/mol. The fourth-order valence-electron chi connectivity index (χ4n) is 2.40. The minimum Gasteiger partial charge on any atom is -0.467 e. The Bertz CT molecular complexity index is 805. The first-order chi connectivity index (χ1) is 14.3. The summed E-state index contributed by atoms with van der Waals surface area (Å²) in [5.41, 5.74) is 5.54. The van der Waals surface area contributed by atoms with Gasteiger partial charge < -0.3 is 25.0 Å². The number of hydrogen-bond acceptors (Lipinski definition) is 10. The first kappa shape index (κ1) is 25.7. The van der Waals surface area contributed by atoms with Crippen LogP contribution in [-0.4, -0.2) is 76.0 Å². The lowest BCUT2D eigenvalue weighted by Crippen LogP contribution is -2.48. The van der Waals surface area contributed by atoms with Gasteiger partial charge >= 0.3 is 11.7 Å². The molecular weight excluding hydrogens is 423 g/mol. The summed E-state index contributed by atoms with van der Waals surface area (Å²) in [7, 11) is 1.24. The van der Waals surface area contributed by atoms with Gasteiger partial charge in [-0.2, -0.15) is 16.7 Å². The molecule has 1 aromatic rings. The molecule has 0 aromatic carbocycles. The molecule has 0 saturated carbocycles. The second-order valence-electron chi connectivity index (χ2n) is 6.10. The maximum Gasteiger partial charge on any atom is 0.351 e. The molecule has 0 fully saturated rings. The lowest BCUT2D eigenvalue weighted by Gasteiger charge is -2.33. The van der Waals surface area contributed by atoms with E-state index in [0.717, 1.165) is 10.8 Å². The van der Waals surface area contributed by atoms with Gasteiger partial charge in [-0.1, -0.05) is 5.11 Å². The third kappa shape index (κ3) is 6.57. The Labute approximate surface area is 176 Å². The number of rotatable bonds is 13. The van der Waals surface area contributed by atoms with Gasteiger partial charge in [0.25, 0.3) is 0 Å². The molecule has 1 heterocycles. The highest BCUT2D eigenvalue weighted by atomic mass is 32.2. The van der Waals surface area contributed by atoms with Crippen LogP contribution in [0.2, 0.25) is 0 Å². The lowest BCUT2D eigenvalue weighted by molar-refractivity contribution is -0.193. The van der Waals surface area contributed by atoms with Crippen LogP contribution >= 0.6 is 11.8 Å². The van der Waals surface area contributed by atoms with E-state index in [4.69, 9.17) is 15.0 Å². The van der Waals surface area contributed by atoms with Gasteiger partial charge in [-0.05, 0) is 37.0 Å². The van der Waals surface area contributed by atoms with Gasteiger partial charge in [0.2, 0.25) is 0 Å². The smallest absolute Gasteiger partial charge is 0.351 e. The highest BCUT2D eigenvalue weighted by molar-refractivity contribution is 7.98. The molecule has 0 spiro atoms. The van der Waals surface area contributed by atoms with Crippen LogP contribution < -0.4 is 11.0 Å². The molecule has 12 nitrogen and oxygen atoms in total. The van der Waals surface area contributed by atoms with E-state index in [1.54, 1.807) is 0 Å². The van der Waals surface area contributed by atoms with Crippen molar-refractivity contribution in [3.05, 3.63) is 33.2 Å².